The second kappa shape index (κ2) is 62.9. The normalized spacial score (nSPS) is 12.7. The van der Waals surface area contributed by atoms with Crippen molar-refractivity contribution in [3.63, 3.8) is 0 Å². The van der Waals surface area contributed by atoms with Crippen LogP contribution in [0.1, 0.15) is 303 Å². The van der Waals surface area contributed by atoms with Crippen LogP contribution in [0.15, 0.2) is 97.2 Å². The molecular weight excluding hydrogens is 925 g/mol. The van der Waals surface area contributed by atoms with E-state index in [-0.39, 0.29) is 31.1 Å². The SMILES string of the molecule is CCCCC/C=C\C/C=C\C/C=C\C/C=C\CCCCCC(=O)OC[C@H](COC(=O)CCCCCCCCCCCCC/C=C\CCCCCCCC)OC(=O)CCCCCC/C=C\C/C=C\C/C=C\CCCCC. The predicted molar refractivity (Wildman–Crippen MR) is 325 cm³/mol. The van der Waals surface area contributed by atoms with Crippen LogP contribution in [0.25, 0.3) is 0 Å². The van der Waals surface area contributed by atoms with E-state index in [1.807, 2.05) is 0 Å². The summed E-state index contributed by atoms with van der Waals surface area (Å²) in [4.78, 5) is 38.3. The Morgan fingerprint density at radius 1 is 0.267 bits per heavy atom. The van der Waals surface area contributed by atoms with Crippen LogP contribution in [0.2, 0.25) is 0 Å². The zero-order valence-corrected chi connectivity index (χ0v) is 49.3. The number of hydrogen-bond acceptors (Lipinski definition) is 6. The van der Waals surface area contributed by atoms with Crippen molar-refractivity contribution in [1.82, 2.24) is 0 Å². The molecule has 0 unspecified atom stereocenters. The van der Waals surface area contributed by atoms with Crippen LogP contribution >= 0.6 is 0 Å². The number of carbonyl (C=O) groups excluding carboxylic acids is 3. The fourth-order valence-electron chi connectivity index (χ4n) is 8.72. The van der Waals surface area contributed by atoms with Crippen LogP contribution in [0.4, 0.5) is 0 Å². The predicted octanol–water partition coefficient (Wildman–Crippen LogP) is 21.7. The van der Waals surface area contributed by atoms with Crippen LogP contribution in [0.5, 0.6) is 0 Å². The van der Waals surface area contributed by atoms with E-state index in [9.17, 15) is 14.4 Å². The molecule has 0 aliphatic carbocycles. The van der Waals surface area contributed by atoms with Gasteiger partial charge in [0.2, 0.25) is 0 Å². The van der Waals surface area contributed by atoms with E-state index in [0.717, 1.165) is 109 Å². The summed E-state index contributed by atoms with van der Waals surface area (Å²) in [5.41, 5.74) is 0. The third-order valence-corrected chi connectivity index (χ3v) is 13.5. The molecule has 0 rings (SSSR count). The number of unbranched alkanes of at least 4 members (excludes halogenated alkanes) is 30. The van der Waals surface area contributed by atoms with Crippen molar-refractivity contribution in [1.29, 1.82) is 0 Å². The molecule has 0 aromatic carbocycles. The van der Waals surface area contributed by atoms with Gasteiger partial charge in [0.25, 0.3) is 0 Å². The minimum atomic E-state index is -0.805. The van der Waals surface area contributed by atoms with Gasteiger partial charge in [-0.3, -0.25) is 14.4 Å². The van der Waals surface area contributed by atoms with Gasteiger partial charge in [0.05, 0.1) is 0 Å². The smallest absolute Gasteiger partial charge is 0.306 e. The Kier molecular flexibility index (Phi) is 59.8. The molecule has 0 spiro atoms. The Morgan fingerprint density at radius 2 is 0.480 bits per heavy atom. The van der Waals surface area contributed by atoms with E-state index in [4.69, 9.17) is 14.2 Å². The molecule has 0 saturated heterocycles. The summed E-state index contributed by atoms with van der Waals surface area (Å²) in [5, 5.41) is 0. The van der Waals surface area contributed by atoms with E-state index >= 15 is 0 Å². The van der Waals surface area contributed by atoms with Crippen LogP contribution in [-0.2, 0) is 28.6 Å². The van der Waals surface area contributed by atoms with Crippen molar-refractivity contribution in [2.75, 3.05) is 13.2 Å². The number of hydrogen-bond donors (Lipinski definition) is 0. The molecule has 430 valence electrons. The highest BCUT2D eigenvalue weighted by molar-refractivity contribution is 5.71. The Bertz CT molecular complexity index is 1480. The molecule has 0 fully saturated rings. The van der Waals surface area contributed by atoms with Crippen LogP contribution in [0.3, 0.4) is 0 Å². The maximum atomic E-state index is 12.9. The lowest BCUT2D eigenvalue weighted by atomic mass is 10.0. The summed E-state index contributed by atoms with van der Waals surface area (Å²) in [7, 11) is 0. The second-order valence-corrected chi connectivity index (χ2v) is 21.0. The highest BCUT2D eigenvalue weighted by Crippen LogP contribution is 2.15. The summed E-state index contributed by atoms with van der Waals surface area (Å²) in [6.45, 7) is 6.56. The lowest BCUT2D eigenvalue weighted by Crippen LogP contribution is -2.30. The molecule has 0 heterocycles. The van der Waals surface area contributed by atoms with Gasteiger partial charge in [0.1, 0.15) is 13.2 Å². The maximum absolute atomic E-state index is 12.9. The van der Waals surface area contributed by atoms with Crippen molar-refractivity contribution < 1.29 is 28.6 Å². The molecule has 0 saturated carbocycles. The Balaban J connectivity index is 4.46. The van der Waals surface area contributed by atoms with Gasteiger partial charge in [0.15, 0.2) is 6.10 Å². The van der Waals surface area contributed by atoms with Gasteiger partial charge in [0, 0.05) is 19.3 Å². The van der Waals surface area contributed by atoms with Crippen LogP contribution in [0, 0.1) is 0 Å². The molecule has 0 amide bonds. The lowest BCUT2D eigenvalue weighted by molar-refractivity contribution is -0.167. The molecule has 1 atom stereocenters. The minimum Gasteiger partial charge on any atom is -0.462 e. The van der Waals surface area contributed by atoms with Gasteiger partial charge in [-0.25, -0.2) is 0 Å². The van der Waals surface area contributed by atoms with Crippen molar-refractivity contribution in [2.24, 2.45) is 0 Å². The molecule has 0 aromatic rings. The zero-order valence-electron chi connectivity index (χ0n) is 49.3. The third kappa shape index (κ3) is 61.1. The fraction of sp³-hybridized carbons (Fsp3) is 0.725. The fourth-order valence-corrected chi connectivity index (χ4v) is 8.72. The van der Waals surface area contributed by atoms with Crippen molar-refractivity contribution in [3.05, 3.63) is 97.2 Å². The molecular formula is C69H118O6. The Hall–Kier alpha value is -3.67. The minimum absolute atomic E-state index is 0.0971. The quantitative estimate of drug-likeness (QED) is 0.0261. The number of allylic oxidation sites excluding steroid dienone is 16. The maximum Gasteiger partial charge on any atom is 0.306 e. The van der Waals surface area contributed by atoms with Gasteiger partial charge in [-0.15, -0.1) is 0 Å². The van der Waals surface area contributed by atoms with E-state index in [2.05, 4.69) is 118 Å². The molecule has 0 radical (unpaired) electrons. The zero-order chi connectivity index (χ0) is 54.3. The highest BCUT2D eigenvalue weighted by atomic mass is 16.6. The molecule has 0 bridgehead atoms. The summed E-state index contributed by atoms with van der Waals surface area (Å²) in [5.74, 6) is -0.943. The molecule has 0 aliphatic rings. The number of rotatable bonds is 57. The highest BCUT2D eigenvalue weighted by Gasteiger charge is 2.19. The first-order valence-corrected chi connectivity index (χ1v) is 31.7. The van der Waals surface area contributed by atoms with E-state index < -0.39 is 6.10 Å². The van der Waals surface area contributed by atoms with Crippen LogP contribution < -0.4 is 0 Å². The Labute approximate surface area is 464 Å². The van der Waals surface area contributed by atoms with Crippen molar-refractivity contribution in [2.45, 2.75) is 309 Å². The number of ether oxygens (including phenoxy) is 3. The number of carbonyl (C=O) groups is 3. The molecule has 75 heavy (non-hydrogen) atoms. The summed E-state index contributed by atoms with van der Waals surface area (Å²) in [6, 6.07) is 0. The van der Waals surface area contributed by atoms with E-state index in [1.165, 1.54) is 154 Å². The molecule has 6 nitrogen and oxygen atoms in total. The first-order valence-electron chi connectivity index (χ1n) is 31.7. The monoisotopic (exact) mass is 1040 g/mol. The van der Waals surface area contributed by atoms with Crippen molar-refractivity contribution in [3.8, 4) is 0 Å². The summed E-state index contributed by atoms with van der Waals surface area (Å²) in [6.07, 6.45) is 84.0. The van der Waals surface area contributed by atoms with Gasteiger partial charge in [-0.2, -0.15) is 0 Å². The van der Waals surface area contributed by atoms with Crippen molar-refractivity contribution >= 4 is 17.9 Å². The van der Waals surface area contributed by atoms with Gasteiger partial charge in [-0.05, 0) is 128 Å². The average Bonchev–Trinajstić information content (AvgIpc) is 3.41. The van der Waals surface area contributed by atoms with Gasteiger partial charge in [-0.1, -0.05) is 253 Å². The summed E-state index contributed by atoms with van der Waals surface area (Å²) < 4.78 is 16.9. The average molecular weight is 1040 g/mol. The number of esters is 3. The first-order chi connectivity index (χ1) is 37.0. The van der Waals surface area contributed by atoms with Crippen LogP contribution in [-0.4, -0.2) is 37.2 Å². The molecule has 0 N–H and O–H groups in total. The largest absolute Gasteiger partial charge is 0.462 e. The van der Waals surface area contributed by atoms with Gasteiger partial charge < -0.3 is 14.2 Å². The Morgan fingerprint density at radius 3 is 0.800 bits per heavy atom. The first kappa shape index (κ1) is 71.3. The van der Waals surface area contributed by atoms with E-state index in [0.29, 0.717) is 19.3 Å². The molecule has 6 heteroatoms. The molecule has 0 aromatic heterocycles. The van der Waals surface area contributed by atoms with E-state index in [1.54, 1.807) is 0 Å². The van der Waals surface area contributed by atoms with Gasteiger partial charge >= 0.3 is 17.9 Å². The standard InChI is InChI=1S/C69H118O6/c1-4-7-10-13-16-19-22-25-28-31-33-34-36-39-41-44-47-50-53-56-59-62-68(71)74-65-66(75-69(72)63-60-57-54-51-48-45-42-37-30-27-24-21-18-15-12-9-6-3)64-73-67(70)61-58-55-52-49-46-43-40-38-35-32-29-26-23-20-17-14-11-8-5-2/h17-18,20-21,25-30,35,38,42-43,45-46,66H,4-16,19,22-24,31-34,36-37,39-41,44,47-65H2,1-3H3/b20-17-,21-18-,28-25-,29-26-,30-27-,38-35-,45-42-,46-43-/t66-/m1/s1. The third-order valence-electron chi connectivity index (χ3n) is 13.5. The summed E-state index contributed by atoms with van der Waals surface area (Å²) >= 11 is 0. The topological polar surface area (TPSA) is 78.9 Å². The second-order valence-electron chi connectivity index (χ2n) is 21.0. The lowest BCUT2D eigenvalue weighted by Gasteiger charge is -2.18. The molecule has 0 aliphatic heterocycles.